The van der Waals surface area contributed by atoms with E-state index in [1.807, 2.05) is 6.07 Å². The van der Waals surface area contributed by atoms with Crippen molar-refractivity contribution in [2.24, 2.45) is 11.1 Å². The van der Waals surface area contributed by atoms with E-state index in [-0.39, 0.29) is 16.6 Å². The molecular formula is C14H20FNO. The van der Waals surface area contributed by atoms with Gasteiger partial charge in [-0.2, -0.15) is 0 Å². The monoisotopic (exact) mass is 237 g/mol. The maximum Gasteiger partial charge on any atom is 0.123 e. The second-order valence-corrected chi connectivity index (χ2v) is 5.51. The zero-order valence-electron chi connectivity index (χ0n) is 10.5. The Bertz CT molecular complexity index is 399. The van der Waals surface area contributed by atoms with Gasteiger partial charge in [0.1, 0.15) is 5.82 Å². The molecule has 0 radical (unpaired) electrons. The van der Waals surface area contributed by atoms with Crippen molar-refractivity contribution in [1.82, 2.24) is 0 Å². The summed E-state index contributed by atoms with van der Waals surface area (Å²) in [5.74, 6) is -0.183. The lowest BCUT2D eigenvalue weighted by Crippen LogP contribution is -2.57. The van der Waals surface area contributed by atoms with E-state index in [4.69, 9.17) is 10.5 Å². The van der Waals surface area contributed by atoms with Crippen LogP contribution >= 0.6 is 0 Å². The number of hydrogen-bond acceptors (Lipinski definition) is 2. The van der Waals surface area contributed by atoms with Crippen molar-refractivity contribution in [3.8, 4) is 0 Å². The maximum atomic E-state index is 13.4. The molecule has 0 amide bonds. The van der Waals surface area contributed by atoms with Gasteiger partial charge < -0.3 is 10.5 Å². The number of ether oxygens (including phenoxy) is 1. The summed E-state index contributed by atoms with van der Waals surface area (Å²) >= 11 is 0. The molecule has 0 bridgehead atoms. The molecule has 1 aliphatic heterocycles. The highest BCUT2D eigenvalue weighted by molar-refractivity contribution is 5.31. The Morgan fingerprint density at radius 2 is 2.12 bits per heavy atom. The molecule has 1 saturated heterocycles. The Morgan fingerprint density at radius 1 is 1.41 bits per heavy atom. The molecule has 1 aliphatic rings. The highest BCUT2D eigenvalue weighted by Crippen LogP contribution is 2.49. The van der Waals surface area contributed by atoms with Crippen LogP contribution in [0.4, 0.5) is 4.39 Å². The Morgan fingerprint density at radius 3 is 2.59 bits per heavy atom. The molecule has 0 aromatic heterocycles. The lowest BCUT2D eigenvalue weighted by atomic mass is 9.59. The lowest BCUT2D eigenvalue weighted by molar-refractivity contribution is -0.121. The van der Waals surface area contributed by atoms with Crippen LogP contribution in [0.15, 0.2) is 24.3 Å². The van der Waals surface area contributed by atoms with E-state index in [0.717, 1.165) is 12.0 Å². The van der Waals surface area contributed by atoms with E-state index in [0.29, 0.717) is 19.8 Å². The smallest absolute Gasteiger partial charge is 0.123 e. The first-order valence-corrected chi connectivity index (χ1v) is 6.06. The van der Waals surface area contributed by atoms with Gasteiger partial charge in [-0.1, -0.05) is 26.0 Å². The molecule has 17 heavy (non-hydrogen) atoms. The van der Waals surface area contributed by atoms with Crippen LogP contribution in [0.1, 0.15) is 25.8 Å². The van der Waals surface area contributed by atoms with Crippen molar-refractivity contribution in [1.29, 1.82) is 0 Å². The quantitative estimate of drug-likeness (QED) is 0.873. The molecule has 2 rings (SSSR count). The fourth-order valence-electron chi connectivity index (χ4n) is 2.64. The van der Waals surface area contributed by atoms with Crippen molar-refractivity contribution in [2.75, 3.05) is 19.8 Å². The average Bonchev–Trinajstić information content (AvgIpc) is 2.14. The van der Waals surface area contributed by atoms with Crippen molar-refractivity contribution in [3.63, 3.8) is 0 Å². The Labute approximate surface area is 102 Å². The van der Waals surface area contributed by atoms with Gasteiger partial charge in [0.25, 0.3) is 0 Å². The highest BCUT2D eigenvalue weighted by atomic mass is 19.1. The van der Waals surface area contributed by atoms with Gasteiger partial charge in [0, 0.05) is 5.41 Å². The fraction of sp³-hybridized carbons (Fsp3) is 0.571. The summed E-state index contributed by atoms with van der Waals surface area (Å²) in [4.78, 5) is 0. The first-order chi connectivity index (χ1) is 8.02. The van der Waals surface area contributed by atoms with Crippen LogP contribution in [0.25, 0.3) is 0 Å². The summed E-state index contributed by atoms with van der Waals surface area (Å²) in [6.07, 6.45) is 0.910. The molecule has 1 heterocycles. The second kappa shape index (κ2) is 4.39. The fourth-order valence-corrected chi connectivity index (χ4v) is 2.64. The van der Waals surface area contributed by atoms with E-state index in [9.17, 15) is 4.39 Å². The Hall–Kier alpha value is -0.930. The molecule has 0 atom stereocenters. The lowest BCUT2D eigenvalue weighted by Gasteiger charge is -2.53. The molecule has 0 saturated carbocycles. The third-order valence-electron chi connectivity index (χ3n) is 4.14. The molecule has 0 unspecified atom stereocenters. The third kappa shape index (κ3) is 1.98. The van der Waals surface area contributed by atoms with Crippen LogP contribution < -0.4 is 5.73 Å². The minimum atomic E-state index is -0.183. The average molecular weight is 237 g/mol. The normalized spacial score (nSPS) is 18.8. The summed E-state index contributed by atoms with van der Waals surface area (Å²) in [5, 5.41) is 0. The number of rotatable bonds is 4. The molecular weight excluding hydrogens is 217 g/mol. The molecule has 3 heteroatoms. The predicted molar refractivity (Wildman–Crippen MR) is 66.3 cm³/mol. The van der Waals surface area contributed by atoms with E-state index in [1.54, 1.807) is 12.1 Å². The molecule has 0 spiro atoms. The van der Waals surface area contributed by atoms with Gasteiger partial charge in [-0.25, -0.2) is 4.39 Å². The third-order valence-corrected chi connectivity index (χ3v) is 4.14. The maximum absolute atomic E-state index is 13.4. The van der Waals surface area contributed by atoms with E-state index >= 15 is 0 Å². The molecule has 0 aliphatic carbocycles. The van der Waals surface area contributed by atoms with Gasteiger partial charge in [-0.15, -0.1) is 0 Å². The van der Waals surface area contributed by atoms with Crippen LogP contribution in [-0.2, 0) is 10.2 Å². The van der Waals surface area contributed by atoms with Crippen molar-refractivity contribution >= 4 is 0 Å². The van der Waals surface area contributed by atoms with Crippen LogP contribution in [0.3, 0.4) is 0 Å². The molecule has 2 nitrogen and oxygen atoms in total. The van der Waals surface area contributed by atoms with E-state index in [2.05, 4.69) is 13.8 Å². The summed E-state index contributed by atoms with van der Waals surface area (Å²) in [6, 6.07) is 6.86. The molecule has 2 N–H and O–H groups in total. The van der Waals surface area contributed by atoms with Gasteiger partial charge in [0.15, 0.2) is 0 Å². The number of nitrogens with two attached hydrogens (primary N) is 1. The van der Waals surface area contributed by atoms with Gasteiger partial charge >= 0.3 is 0 Å². The van der Waals surface area contributed by atoms with Crippen molar-refractivity contribution < 1.29 is 9.13 Å². The second-order valence-electron chi connectivity index (χ2n) is 5.51. The van der Waals surface area contributed by atoms with E-state index in [1.165, 1.54) is 6.07 Å². The minimum Gasteiger partial charge on any atom is -0.379 e. The number of hydrogen-bond donors (Lipinski definition) is 1. The van der Waals surface area contributed by atoms with Gasteiger partial charge in [0.2, 0.25) is 0 Å². The van der Waals surface area contributed by atoms with Gasteiger partial charge in [-0.3, -0.25) is 0 Å². The van der Waals surface area contributed by atoms with Crippen LogP contribution in [0.2, 0.25) is 0 Å². The predicted octanol–water partition coefficient (Wildman–Crippen LogP) is 2.47. The van der Waals surface area contributed by atoms with E-state index < -0.39 is 0 Å². The minimum absolute atomic E-state index is 0.0216. The SMILES string of the molecule is CC(C)(CCN)C1(c2cccc(F)c2)COC1. The molecule has 1 aromatic rings. The first kappa shape index (κ1) is 12.5. The Balaban J connectivity index is 2.38. The topological polar surface area (TPSA) is 35.2 Å². The standard InChI is InChI=1S/C14H20FNO/c1-13(2,6-7-16)14(9-17-10-14)11-4-3-5-12(15)8-11/h3-5,8H,6-7,9-10,16H2,1-2H3. The van der Waals surface area contributed by atoms with Gasteiger partial charge in [0.05, 0.1) is 13.2 Å². The number of benzene rings is 1. The summed E-state index contributed by atoms with van der Waals surface area (Å²) in [7, 11) is 0. The summed E-state index contributed by atoms with van der Waals surface area (Å²) in [5.41, 5.74) is 6.65. The Kier molecular flexibility index (Phi) is 3.23. The van der Waals surface area contributed by atoms with Crippen molar-refractivity contribution in [3.05, 3.63) is 35.6 Å². The summed E-state index contributed by atoms with van der Waals surface area (Å²) in [6.45, 7) is 6.33. The van der Waals surface area contributed by atoms with Gasteiger partial charge in [-0.05, 0) is 36.1 Å². The first-order valence-electron chi connectivity index (χ1n) is 6.06. The number of halogens is 1. The molecule has 1 fully saturated rings. The highest BCUT2D eigenvalue weighted by Gasteiger charge is 2.51. The zero-order valence-corrected chi connectivity index (χ0v) is 10.5. The van der Waals surface area contributed by atoms with Crippen molar-refractivity contribution in [2.45, 2.75) is 25.7 Å². The summed E-state index contributed by atoms with van der Waals surface area (Å²) < 4.78 is 18.8. The van der Waals surface area contributed by atoms with Crippen LogP contribution in [0, 0.1) is 11.2 Å². The molecule has 1 aromatic carbocycles. The molecule has 94 valence electrons. The zero-order chi connectivity index (χ0) is 12.5. The van der Waals surface area contributed by atoms with Crippen LogP contribution in [-0.4, -0.2) is 19.8 Å². The largest absolute Gasteiger partial charge is 0.379 e. The van der Waals surface area contributed by atoms with Crippen LogP contribution in [0.5, 0.6) is 0 Å².